The van der Waals surface area contributed by atoms with Crippen LogP contribution in [0.3, 0.4) is 0 Å². The summed E-state index contributed by atoms with van der Waals surface area (Å²) in [6.45, 7) is 3.94. The van der Waals surface area contributed by atoms with Crippen molar-refractivity contribution in [3.63, 3.8) is 0 Å². The van der Waals surface area contributed by atoms with Gasteiger partial charge in [0.2, 0.25) is 0 Å². The van der Waals surface area contributed by atoms with Crippen molar-refractivity contribution in [3.8, 4) is 0 Å². The van der Waals surface area contributed by atoms with Crippen molar-refractivity contribution in [1.29, 1.82) is 0 Å². The minimum absolute atomic E-state index is 0.0233. The maximum atomic E-state index is 12.3. The van der Waals surface area contributed by atoms with Gasteiger partial charge in [0.1, 0.15) is 5.82 Å². The van der Waals surface area contributed by atoms with Crippen LogP contribution >= 0.6 is 0 Å². The molecule has 0 aliphatic heterocycles. The second kappa shape index (κ2) is 3.22. The van der Waals surface area contributed by atoms with Crippen LogP contribution in [0.25, 0.3) is 0 Å². The quantitative estimate of drug-likeness (QED) is 0.750. The zero-order valence-corrected chi connectivity index (χ0v) is 9.07. The maximum absolute atomic E-state index is 12.3. The molecule has 0 aliphatic carbocycles. The normalized spacial score (nSPS) is 13.2. The molecule has 8 heteroatoms. The Hall–Kier alpha value is -1.05. The summed E-state index contributed by atoms with van der Waals surface area (Å²) in [5.41, 5.74) is -5.07. The minimum Gasteiger partial charge on any atom is -0.238 e. The Morgan fingerprint density at radius 3 is 1.93 bits per heavy atom. The Morgan fingerprint density at radius 1 is 1.20 bits per heavy atom. The third-order valence-electron chi connectivity index (χ3n) is 1.98. The smallest absolute Gasteiger partial charge is 0.238 e. The third kappa shape index (κ3) is 1.73. The van der Waals surface area contributed by atoms with Gasteiger partial charge in [0.15, 0.2) is 0 Å². The summed E-state index contributed by atoms with van der Waals surface area (Å²) < 4.78 is 59.2. The molecule has 0 aliphatic rings. The van der Waals surface area contributed by atoms with Gasteiger partial charge < -0.3 is 0 Å². The first-order valence-electron chi connectivity index (χ1n) is 3.93. The Bertz CT molecular complexity index is 487. The fraction of sp³-hybridized carbons (Fsp3) is 0.571. The number of aryl methyl sites for hydroxylation is 2. The number of aromatic nitrogens is 2. The molecule has 15 heavy (non-hydrogen) atoms. The number of alkyl halides is 3. The molecule has 1 rings (SSSR count). The van der Waals surface area contributed by atoms with Crippen LogP contribution in [0.15, 0.2) is 0 Å². The molecule has 0 N–H and O–H groups in total. The van der Waals surface area contributed by atoms with Crippen molar-refractivity contribution >= 4 is 10.0 Å². The molecular formula is C7H9F3N2O2S. The summed E-state index contributed by atoms with van der Waals surface area (Å²) in [4.78, 5) is 3.67. The molecule has 4 nitrogen and oxygen atoms in total. The molecule has 0 amide bonds. The fourth-order valence-electron chi connectivity index (χ4n) is 1.22. The second-order valence-corrected chi connectivity index (χ2v) is 4.82. The lowest BCUT2D eigenvalue weighted by Gasteiger charge is -2.11. The van der Waals surface area contributed by atoms with Crippen LogP contribution in [-0.2, 0) is 10.0 Å². The van der Waals surface area contributed by atoms with E-state index in [1.165, 1.54) is 20.8 Å². The molecule has 0 radical (unpaired) electrons. The highest BCUT2D eigenvalue weighted by atomic mass is 32.2. The van der Waals surface area contributed by atoms with E-state index in [1.54, 1.807) is 0 Å². The molecular weight excluding hydrogens is 233 g/mol. The zero-order valence-electron chi connectivity index (χ0n) is 8.25. The summed E-state index contributed by atoms with van der Waals surface area (Å²) in [5, 5.41) is 0. The van der Waals surface area contributed by atoms with Crippen LogP contribution in [0, 0.1) is 20.8 Å². The van der Waals surface area contributed by atoms with Crippen molar-refractivity contribution in [2.75, 3.05) is 0 Å². The number of hydrogen-bond acceptors (Lipinski definition) is 3. The largest absolute Gasteiger partial charge is 0.517 e. The van der Waals surface area contributed by atoms with E-state index in [9.17, 15) is 21.6 Å². The number of imidazole rings is 1. The number of halogens is 3. The van der Waals surface area contributed by atoms with Crippen molar-refractivity contribution in [2.45, 2.75) is 26.3 Å². The van der Waals surface area contributed by atoms with E-state index in [0.29, 0.717) is 0 Å². The Kier molecular flexibility index (Phi) is 2.58. The van der Waals surface area contributed by atoms with E-state index in [2.05, 4.69) is 4.98 Å². The molecule has 0 bridgehead atoms. The topological polar surface area (TPSA) is 52.0 Å². The van der Waals surface area contributed by atoms with Gasteiger partial charge in [-0.2, -0.15) is 21.6 Å². The van der Waals surface area contributed by atoms with Crippen molar-refractivity contribution in [2.24, 2.45) is 0 Å². The molecule has 0 saturated carbocycles. The molecule has 1 aromatic rings. The molecule has 0 spiro atoms. The highest BCUT2D eigenvalue weighted by molar-refractivity contribution is 7.90. The Balaban J connectivity index is 3.55. The molecule has 0 aromatic carbocycles. The lowest BCUT2D eigenvalue weighted by molar-refractivity contribution is -0.0447. The molecule has 1 aromatic heterocycles. The summed E-state index contributed by atoms with van der Waals surface area (Å²) >= 11 is 0. The minimum atomic E-state index is -5.36. The third-order valence-corrected chi connectivity index (χ3v) is 3.59. The lowest BCUT2D eigenvalue weighted by Crippen LogP contribution is -2.31. The standard InChI is InChI=1S/C7H9F3N2O2S/c1-4-5(2)12(6(3)11-4)15(13,14)7(8,9)10/h1-3H3. The van der Waals surface area contributed by atoms with Crippen LogP contribution < -0.4 is 0 Å². The van der Waals surface area contributed by atoms with Crippen molar-refractivity contribution in [1.82, 2.24) is 8.96 Å². The van der Waals surface area contributed by atoms with E-state index in [1.807, 2.05) is 0 Å². The van der Waals surface area contributed by atoms with Gasteiger partial charge in [-0.3, -0.25) is 0 Å². The molecule has 0 unspecified atom stereocenters. The zero-order chi connectivity index (χ0) is 12.0. The monoisotopic (exact) mass is 242 g/mol. The van der Waals surface area contributed by atoms with Crippen LogP contribution in [0.4, 0.5) is 13.2 Å². The van der Waals surface area contributed by atoms with Crippen LogP contribution in [-0.4, -0.2) is 22.9 Å². The van der Waals surface area contributed by atoms with E-state index < -0.39 is 15.5 Å². The summed E-state index contributed by atoms with van der Waals surface area (Å²) in [6.07, 6.45) is 0. The van der Waals surface area contributed by atoms with Gasteiger partial charge in [0.25, 0.3) is 0 Å². The first-order valence-corrected chi connectivity index (χ1v) is 5.37. The first kappa shape index (κ1) is 12.0. The van der Waals surface area contributed by atoms with Crippen LogP contribution in [0.5, 0.6) is 0 Å². The van der Waals surface area contributed by atoms with Crippen LogP contribution in [0.1, 0.15) is 17.2 Å². The first-order chi connectivity index (χ1) is 6.59. The van der Waals surface area contributed by atoms with E-state index in [-0.39, 0.29) is 21.2 Å². The Morgan fingerprint density at radius 2 is 1.67 bits per heavy atom. The maximum Gasteiger partial charge on any atom is 0.517 e. The van der Waals surface area contributed by atoms with E-state index >= 15 is 0 Å². The molecule has 1 heterocycles. The average molecular weight is 242 g/mol. The lowest BCUT2D eigenvalue weighted by atomic mass is 10.4. The summed E-state index contributed by atoms with van der Waals surface area (Å²) in [5.74, 6) is -0.192. The number of hydrogen-bond donors (Lipinski definition) is 0. The number of rotatable bonds is 1. The van der Waals surface area contributed by atoms with Crippen LogP contribution in [0.2, 0.25) is 0 Å². The molecule has 0 fully saturated rings. The summed E-state index contributed by atoms with van der Waals surface area (Å²) in [6, 6.07) is 0. The van der Waals surface area contributed by atoms with E-state index in [0.717, 1.165) is 0 Å². The van der Waals surface area contributed by atoms with Gasteiger partial charge in [-0.15, -0.1) is 0 Å². The van der Waals surface area contributed by atoms with Gasteiger partial charge in [0.05, 0.1) is 11.4 Å². The average Bonchev–Trinajstić information content (AvgIpc) is 2.24. The number of nitrogens with zero attached hydrogens (tertiary/aromatic N) is 2. The van der Waals surface area contributed by atoms with Gasteiger partial charge in [-0.25, -0.2) is 8.96 Å². The van der Waals surface area contributed by atoms with Crippen molar-refractivity contribution in [3.05, 3.63) is 17.2 Å². The SMILES string of the molecule is Cc1nc(C)n(S(=O)(=O)C(F)(F)F)c1C. The van der Waals surface area contributed by atoms with E-state index in [4.69, 9.17) is 0 Å². The highest BCUT2D eigenvalue weighted by Gasteiger charge is 2.48. The Labute approximate surface area is 84.8 Å². The van der Waals surface area contributed by atoms with Gasteiger partial charge in [-0.1, -0.05) is 0 Å². The summed E-state index contributed by atoms with van der Waals surface area (Å²) in [7, 11) is -5.36. The van der Waals surface area contributed by atoms with Gasteiger partial charge >= 0.3 is 15.5 Å². The highest BCUT2D eigenvalue weighted by Crippen LogP contribution is 2.28. The predicted octanol–water partition coefficient (Wildman–Crippen LogP) is 1.51. The molecule has 0 saturated heterocycles. The van der Waals surface area contributed by atoms with Crippen molar-refractivity contribution < 1.29 is 21.6 Å². The predicted molar refractivity (Wildman–Crippen MR) is 46.8 cm³/mol. The molecule has 0 atom stereocenters. The second-order valence-electron chi connectivity index (χ2n) is 3.05. The van der Waals surface area contributed by atoms with Gasteiger partial charge in [0, 0.05) is 0 Å². The molecule has 86 valence electrons. The van der Waals surface area contributed by atoms with Gasteiger partial charge in [-0.05, 0) is 20.8 Å². The fourth-order valence-corrected chi connectivity index (χ4v) is 2.30.